The van der Waals surface area contributed by atoms with Gasteiger partial charge < -0.3 is 19.4 Å². The fourth-order valence-electron chi connectivity index (χ4n) is 5.69. The van der Waals surface area contributed by atoms with Gasteiger partial charge in [0.15, 0.2) is 0 Å². The fourth-order valence-corrected chi connectivity index (χ4v) is 6.78. The minimum absolute atomic E-state index is 0.00201. The summed E-state index contributed by atoms with van der Waals surface area (Å²) in [5.41, 5.74) is 3.15. The van der Waals surface area contributed by atoms with Gasteiger partial charge in [-0.05, 0) is 36.6 Å². The Morgan fingerprint density at radius 1 is 1.03 bits per heavy atom. The molecule has 9 nitrogen and oxygen atoms in total. The minimum atomic E-state index is -0.266. The van der Waals surface area contributed by atoms with E-state index in [4.69, 9.17) is 14.5 Å². The number of hydrogen-bond acceptors (Lipinski definition) is 8. The smallest absolute Gasteiger partial charge is 0.275 e. The second kappa shape index (κ2) is 9.36. The molecule has 0 aliphatic carbocycles. The van der Waals surface area contributed by atoms with Crippen molar-refractivity contribution in [2.24, 2.45) is 0 Å². The maximum Gasteiger partial charge on any atom is 0.275 e. The Labute approximate surface area is 217 Å². The highest BCUT2D eigenvalue weighted by molar-refractivity contribution is 7.14. The van der Waals surface area contributed by atoms with E-state index < -0.39 is 0 Å². The normalized spacial score (nSPS) is 22.4. The molecule has 6 bridgehead atoms. The van der Waals surface area contributed by atoms with Gasteiger partial charge in [-0.15, -0.1) is 0 Å². The lowest BCUT2D eigenvalue weighted by Crippen LogP contribution is -2.40. The van der Waals surface area contributed by atoms with Gasteiger partial charge in [0.25, 0.3) is 11.1 Å². The molecule has 2 aromatic carbocycles. The maximum absolute atomic E-state index is 13.4. The van der Waals surface area contributed by atoms with Crippen molar-refractivity contribution in [2.45, 2.75) is 32.0 Å². The quantitative estimate of drug-likeness (QED) is 0.435. The van der Waals surface area contributed by atoms with Crippen molar-refractivity contribution in [3.8, 4) is 17.0 Å². The van der Waals surface area contributed by atoms with Gasteiger partial charge >= 0.3 is 0 Å². The van der Waals surface area contributed by atoms with Crippen LogP contribution in [0.2, 0.25) is 0 Å². The Balaban J connectivity index is 1.42. The first-order chi connectivity index (χ1) is 18.1. The number of piperidine rings is 1. The van der Waals surface area contributed by atoms with E-state index in [1.54, 1.807) is 0 Å². The molecule has 0 unspecified atom stereocenters. The van der Waals surface area contributed by atoms with Crippen molar-refractivity contribution in [1.29, 1.82) is 0 Å². The van der Waals surface area contributed by atoms with Crippen LogP contribution in [0.3, 0.4) is 0 Å². The summed E-state index contributed by atoms with van der Waals surface area (Å²) >= 11 is 1.42. The molecule has 6 heterocycles. The Hall–Kier alpha value is -3.05. The second-order valence-electron chi connectivity index (χ2n) is 10.1. The summed E-state index contributed by atoms with van der Waals surface area (Å²) in [6.45, 7) is 7.30. The molecule has 4 aromatic rings. The third-order valence-corrected chi connectivity index (χ3v) is 8.90. The number of nitrogens with one attached hydrogen (secondary N) is 1. The summed E-state index contributed by atoms with van der Waals surface area (Å²) in [6.07, 6.45) is 1.91. The monoisotopic (exact) mass is 519 g/mol. The average Bonchev–Trinajstić information content (AvgIpc) is 3.23. The standard InChI is InChI=1S/C27H29N5O4S/c33-26-23-19-2-1-3-20-25(19)37-32(27(20)34)9-8-30-6-4-18(5-7-30)36-22-15-17(14-21(28-26)24(22)29-23)16-31-10-12-35-13-11-31/h1-3,14-15,18H,4-13,16H2,(H,28,33). The van der Waals surface area contributed by atoms with E-state index in [1.807, 2.05) is 28.2 Å². The van der Waals surface area contributed by atoms with E-state index >= 15 is 0 Å². The maximum atomic E-state index is 13.4. The molecule has 2 aromatic heterocycles. The Kier molecular flexibility index (Phi) is 5.84. The minimum Gasteiger partial charge on any atom is -0.488 e. The van der Waals surface area contributed by atoms with E-state index in [1.165, 1.54) is 11.5 Å². The lowest BCUT2D eigenvalue weighted by molar-refractivity contribution is 0.0341. The molecule has 192 valence electrons. The average molecular weight is 520 g/mol. The number of aromatic nitrogens is 3. The highest BCUT2D eigenvalue weighted by Gasteiger charge is 2.24. The van der Waals surface area contributed by atoms with Gasteiger partial charge in [-0.25, -0.2) is 4.98 Å². The Bertz CT molecular complexity index is 1590. The van der Waals surface area contributed by atoms with Crippen LogP contribution in [0.25, 0.3) is 32.4 Å². The van der Waals surface area contributed by atoms with E-state index in [2.05, 4.69) is 20.9 Å². The first-order valence-electron chi connectivity index (χ1n) is 13.0. The zero-order valence-electron chi connectivity index (χ0n) is 20.6. The van der Waals surface area contributed by atoms with Gasteiger partial charge in [-0.2, -0.15) is 0 Å². The van der Waals surface area contributed by atoms with Crippen LogP contribution >= 0.6 is 11.5 Å². The molecule has 0 amide bonds. The third kappa shape index (κ3) is 4.27. The number of hydrogen-bond donors (Lipinski definition) is 1. The zero-order chi connectivity index (χ0) is 24.9. The summed E-state index contributed by atoms with van der Waals surface area (Å²) in [7, 11) is 0. The predicted molar refractivity (Wildman–Crippen MR) is 144 cm³/mol. The highest BCUT2D eigenvalue weighted by atomic mass is 32.1. The Morgan fingerprint density at radius 2 is 1.86 bits per heavy atom. The molecular weight excluding hydrogens is 490 g/mol. The van der Waals surface area contributed by atoms with Crippen LogP contribution in [0.4, 0.5) is 0 Å². The molecule has 8 rings (SSSR count). The zero-order valence-corrected chi connectivity index (χ0v) is 21.4. The van der Waals surface area contributed by atoms with Gasteiger partial charge in [0.05, 0.1) is 28.8 Å². The number of morpholine rings is 1. The van der Waals surface area contributed by atoms with Crippen molar-refractivity contribution in [1.82, 2.24) is 23.7 Å². The molecule has 4 aliphatic rings. The molecule has 10 heteroatoms. The molecular formula is C27H29N5O4S. The van der Waals surface area contributed by atoms with Gasteiger partial charge in [0, 0.05) is 51.4 Å². The number of benzene rings is 2. The summed E-state index contributed by atoms with van der Waals surface area (Å²) in [5.74, 6) is 0.713. The largest absolute Gasteiger partial charge is 0.488 e. The van der Waals surface area contributed by atoms with Crippen LogP contribution in [0.1, 0.15) is 18.4 Å². The van der Waals surface area contributed by atoms with E-state index in [0.29, 0.717) is 40.0 Å². The summed E-state index contributed by atoms with van der Waals surface area (Å²) < 4.78 is 14.7. The van der Waals surface area contributed by atoms with Gasteiger partial charge in [0.2, 0.25) is 0 Å². The van der Waals surface area contributed by atoms with Gasteiger partial charge in [-0.1, -0.05) is 23.7 Å². The Morgan fingerprint density at radius 3 is 2.70 bits per heavy atom. The highest BCUT2D eigenvalue weighted by Crippen LogP contribution is 2.33. The molecule has 0 spiro atoms. The first-order valence-corrected chi connectivity index (χ1v) is 13.8. The van der Waals surface area contributed by atoms with Crippen molar-refractivity contribution in [3.05, 3.63) is 56.6 Å². The van der Waals surface area contributed by atoms with Gasteiger partial charge in [0.1, 0.15) is 23.1 Å². The number of rotatable bonds is 2. The molecule has 0 atom stereocenters. The predicted octanol–water partition coefficient (Wildman–Crippen LogP) is 2.66. The summed E-state index contributed by atoms with van der Waals surface area (Å²) in [5, 5.41) is 0.631. The van der Waals surface area contributed by atoms with E-state index in [0.717, 1.165) is 75.6 Å². The van der Waals surface area contributed by atoms with Crippen molar-refractivity contribution >= 4 is 32.7 Å². The fraction of sp³-hybridized carbons (Fsp3) is 0.444. The van der Waals surface area contributed by atoms with Crippen molar-refractivity contribution in [3.63, 3.8) is 0 Å². The van der Waals surface area contributed by atoms with Crippen LogP contribution < -0.4 is 15.9 Å². The number of fused-ring (bicyclic) bond motifs is 3. The number of nitrogens with zero attached hydrogens (tertiary/aromatic N) is 4. The lowest BCUT2D eigenvalue weighted by Gasteiger charge is -2.32. The third-order valence-electron chi connectivity index (χ3n) is 7.71. The van der Waals surface area contributed by atoms with Crippen LogP contribution in [-0.4, -0.2) is 75.8 Å². The van der Waals surface area contributed by atoms with Crippen LogP contribution in [-0.2, 0) is 17.8 Å². The SMILES string of the molecule is O=c1[nH]c2cc(CN3CCOCC3)cc3c2nc1-c1cccc2c(=O)n(sc12)CCN1CCC(CC1)O3. The number of H-pyrrole nitrogens is 1. The van der Waals surface area contributed by atoms with Crippen molar-refractivity contribution in [2.75, 3.05) is 45.9 Å². The van der Waals surface area contributed by atoms with Gasteiger partial charge in [-0.3, -0.25) is 18.4 Å². The second-order valence-corrected chi connectivity index (χ2v) is 11.2. The lowest BCUT2D eigenvalue weighted by atomic mass is 10.1. The van der Waals surface area contributed by atoms with Crippen LogP contribution in [0.15, 0.2) is 39.9 Å². The summed E-state index contributed by atoms with van der Waals surface area (Å²) in [4.78, 5) is 39.3. The molecule has 4 aliphatic heterocycles. The molecule has 0 saturated carbocycles. The first kappa shape index (κ1) is 23.1. The van der Waals surface area contributed by atoms with Crippen molar-refractivity contribution < 1.29 is 9.47 Å². The molecule has 37 heavy (non-hydrogen) atoms. The van der Waals surface area contributed by atoms with Crippen LogP contribution in [0.5, 0.6) is 5.75 Å². The van der Waals surface area contributed by atoms with E-state index in [9.17, 15) is 9.59 Å². The molecule has 2 fully saturated rings. The number of aromatic amines is 1. The van der Waals surface area contributed by atoms with E-state index in [-0.39, 0.29) is 17.2 Å². The summed E-state index contributed by atoms with van der Waals surface area (Å²) in [6, 6.07) is 9.66. The molecule has 2 saturated heterocycles. The molecule has 0 radical (unpaired) electrons. The topological polar surface area (TPSA) is 92.7 Å². The molecule has 1 N–H and O–H groups in total. The number of ether oxygens (including phenoxy) is 2. The van der Waals surface area contributed by atoms with Crippen LogP contribution in [0, 0.1) is 0 Å².